The van der Waals surface area contributed by atoms with Crippen LogP contribution in [0.2, 0.25) is 0 Å². The van der Waals surface area contributed by atoms with E-state index in [2.05, 4.69) is 28.6 Å². The van der Waals surface area contributed by atoms with E-state index in [-0.39, 0.29) is 12.1 Å². The van der Waals surface area contributed by atoms with E-state index >= 15 is 0 Å². The molecule has 7 heteroatoms. The van der Waals surface area contributed by atoms with Crippen molar-refractivity contribution < 1.29 is 14.2 Å². The van der Waals surface area contributed by atoms with E-state index in [1.807, 2.05) is 23.0 Å². The average molecular weight is 332 g/mol. The molecule has 7 nitrogen and oxygen atoms in total. The summed E-state index contributed by atoms with van der Waals surface area (Å²) in [4.78, 5) is 0. The molecule has 3 atom stereocenters. The zero-order valence-electron chi connectivity index (χ0n) is 14.3. The van der Waals surface area contributed by atoms with E-state index in [4.69, 9.17) is 14.2 Å². The Hall–Kier alpha value is -2.12. The maximum absolute atomic E-state index is 5.62. The van der Waals surface area contributed by atoms with Crippen LogP contribution in [0.4, 0.5) is 0 Å². The molecule has 1 aromatic carbocycles. The molecule has 0 aliphatic carbocycles. The molecule has 1 aliphatic heterocycles. The molecule has 1 aromatic heterocycles. The van der Waals surface area contributed by atoms with Crippen molar-refractivity contribution in [2.45, 2.75) is 31.5 Å². The van der Waals surface area contributed by atoms with Gasteiger partial charge in [-0.2, -0.15) is 0 Å². The van der Waals surface area contributed by atoms with Crippen molar-refractivity contribution in [1.29, 1.82) is 0 Å². The van der Waals surface area contributed by atoms with Crippen LogP contribution in [0.5, 0.6) is 11.5 Å². The van der Waals surface area contributed by atoms with Crippen molar-refractivity contribution in [3.8, 4) is 11.5 Å². The Morgan fingerprint density at radius 2 is 2.12 bits per heavy atom. The number of benzene rings is 1. The number of nitrogens with zero attached hydrogens (tertiary/aromatic N) is 3. The van der Waals surface area contributed by atoms with Gasteiger partial charge in [0, 0.05) is 12.2 Å². The molecule has 1 aliphatic rings. The van der Waals surface area contributed by atoms with Crippen LogP contribution in [0.3, 0.4) is 0 Å². The lowest BCUT2D eigenvalue weighted by molar-refractivity contribution is 0.180. The number of hydrogen-bond donors (Lipinski definition) is 1. The molecule has 1 saturated heterocycles. The highest BCUT2D eigenvalue weighted by Crippen LogP contribution is 2.28. The summed E-state index contributed by atoms with van der Waals surface area (Å²) in [5, 5.41) is 11.6. The van der Waals surface area contributed by atoms with Gasteiger partial charge in [0.25, 0.3) is 0 Å². The van der Waals surface area contributed by atoms with Crippen molar-refractivity contribution >= 4 is 0 Å². The largest absolute Gasteiger partial charge is 0.493 e. The quantitative estimate of drug-likeness (QED) is 0.828. The fourth-order valence-electron chi connectivity index (χ4n) is 3.14. The predicted octanol–water partition coefficient (Wildman–Crippen LogP) is 1.46. The third kappa shape index (κ3) is 3.68. The Morgan fingerprint density at radius 3 is 2.83 bits per heavy atom. The third-order valence-electron chi connectivity index (χ3n) is 4.32. The monoisotopic (exact) mass is 332 g/mol. The van der Waals surface area contributed by atoms with E-state index in [0.29, 0.717) is 19.3 Å². The molecule has 24 heavy (non-hydrogen) atoms. The summed E-state index contributed by atoms with van der Waals surface area (Å²) >= 11 is 0. The molecular formula is C17H24N4O3. The molecule has 0 radical (unpaired) electrons. The van der Waals surface area contributed by atoms with E-state index < -0.39 is 0 Å². The van der Waals surface area contributed by atoms with Crippen LogP contribution in [0.25, 0.3) is 0 Å². The summed E-state index contributed by atoms with van der Waals surface area (Å²) in [6.45, 7) is 3.51. The van der Waals surface area contributed by atoms with E-state index in [9.17, 15) is 0 Å². The molecule has 0 amide bonds. The first kappa shape index (κ1) is 16.7. The number of hydrogen-bond acceptors (Lipinski definition) is 6. The summed E-state index contributed by atoms with van der Waals surface area (Å²) in [5.74, 6) is 1.50. The van der Waals surface area contributed by atoms with Gasteiger partial charge in [-0.25, -0.2) is 4.68 Å². The lowest BCUT2D eigenvalue weighted by Gasteiger charge is -2.23. The zero-order chi connectivity index (χ0) is 16.9. The van der Waals surface area contributed by atoms with Crippen molar-refractivity contribution in [2.24, 2.45) is 0 Å². The highest BCUT2D eigenvalue weighted by molar-refractivity contribution is 5.43. The van der Waals surface area contributed by atoms with Gasteiger partial charge < -0.3 is 19.5 Å². The minimum Gasteiger partial charge on any atom is -0.493 e. The van der Waals surface area contributed by atoms with Crippen LogP contribution in [-0.2, 0) is 11.2 Å². The molecule has 2 heterocycles. The van der Waals surface area contributed by atoms with Crippen molar-refractivity contribution in [1.82, 2.24) is 20.3 Å². The fourth-order valence-corrected chi connectivity index (χ4v) is 3.14. The van der Waals surface area contributed by atoms with Gasteiger partial charge in [0.15, 0.2) is 11.5 Å². The highest BCUT2D eigenvalue weighted by Gasteiger charge is 2.31. The first-order valence-corrected chi connectivity index (χ1v) is 8.11. The number of aromatic nitrogens is 3. The molecule has 0 saturated carbocycles. The third-order valence-corrected chi connectivity index (χ3v) is 4.32. The van der Waals surface area contributed by atoms with Gasteiger partial charge >= 0.3 is 0 Å². The Labute approximate surface area is 141 Å². The van der Waals surface area contributed by atoms with E-state index in [0.717, 1.165) is 17.9 Å². The summed E-state index contributed by atoms with van der Waals surface area (Å²) in [6.07, 6.45) is 4.47. The van der Waals surface area contributed by atoms with Gasteiger partial charge in [0.05, 0.1) is 45.7 Å². The topological polar surface area (TPSA) is 70.4 Å². The standard InChI is InChI=1S/C17H24N4O3/c1-12(8-13-4-5-16(22-2)17(9-13)23-3)19-14-10-24-11-15(14)21-7-6-18-20-21/h4-7,9,12,14-15,19H,8,10-11H2,1-3H3/t12?,14-,15+/m0/s1. The first-order chi connectivity index (χ1) is 11.7. The van der Waals surface area contributed by atoms with Gasteiger partial charge in [0.1, 0.15) is 0 Å². The SMILES string of the molecule is COc1ccc(CC(C)N[C@H]2COC[C@H]2n2ccnn2)cc1OC. The lowest BCUT2D eigenvalue weighted by atomic mass is 10.0. The first-order valence-electron chi connectivity index (χ1n) is 8.11. The van der Waals surface area contributed by atoms with Crippen LogP contribution in [0, 0.1) is 0 Å². The number of methoxy groups -OCH3 is 2. The Kier molecular flexibility index (Phi) is 5.32. The molecule has 1 fully saturated rings. The predicted molar refractivity (Wildman–Crippen MR) is 89.5 cm³/mol. The number of nitrogens with one attached hydrogen (secondary N) is 1. The molecular weight excluding hydrogens is 308 g/mol. The molecule has 1 unspecified atom stereocenters. The van der Waals surface area contributed by atoms with Gasteiger partial charge in [-0.05, 0) is 31.0 Å². The second-order valence-electron chi connectivity index (χ2n) is 6.06. The highest BCUT2D eigenvalue weighted by atomic mass is 16.5. The molecule has 130 valence electrons. The average Bonchev–Trinajstić information content (AvgIpc) is 3.25. The van der Waals surface area contributed by atoms with Crippen molar-refractivity contribution in [2.75, 3.05) is 27.4 Å². The van der Waals surface area contributed by atoms with Crippen molar-refractivity contribution in [3.05, 3.63) is 36.2 Å². The minimum atomic E-state index is 0.181. The molecule has 3 rings (SSSR count). The van der Waals surface area contributed by atoms with Crippen LogP contribution >= 0.6 is 0 Å². The minimum absolute atomic E-state index is 0.181. The Bertz CT molecular complexity index is 647. The summed E-state index contributed by atoms with van der Waals surface area (Å²) in [6, 6.07) is 6.73. The smallest absolute Gasteiger partial charge is 0.160 e. The second-order valence-corrected chi connectivity index (χ2v) is 6.06. The Morgan fingerprint density at radius 1 is 1.29 bits per heavy atom. The lowest BCUT2D eigenvalue weighted by Crippen LogP contribution is -2.43. The Balaban J connectivity index is 1.62. The van der Waals surface area contributed by atoms with Crippen LogP contribution < -0.4 is 14.8 Å². The van der Waals surface area contributed by atoms with Crippen LogP contribution in [0.1, 0.15) is 18.5 Å². The van der Waals surface area contributed by atoms with Gasteiger partial charge in [-0.3, -0.25) is 0 Å². The molecule has 1 N–H and O–H groups in total. The number of rotatable bonds is 7. The second kappa shape index (κ2) is 7.63. The maximum Gasteiger partial charge on any atom is 0.160 e. The zero-order valence-corrected chi connectivity index (χ0v) is 14.3. The molecule has 0 spiro atoms. The summed E-state index contributed by atoms with van der Waals surface area (Å²) in [7, 11) is 3.30. The van der Waals surface area contributed by atoms with Gasteiger partial charge in [-0.1, -0.05) is 11.3 Å². The van der Waals surface area contributed by atoms with Gasteiger partial charge in [-0.15, -0.1) is 5.10 Å². The van der Waals surface area contributed by atoms with Crippen LogP contribution in [-0.4, -0.2) is 54.5 Å². The van der Waals surface area contributed by atoms with E-state index in [1.165, 1.54) is 5.56 Å². The number of ether oxygens (including phenoxy) is 3. The molecule has 2 aromatic rings. The van der Waals surface area contributed by atoms with Gasteiger partial charge in [0.2, 0.25) is 0 Å². The van der Waals surface area contributed by atoms with Crippen LogP contribution in [0.15, 0.2) is 30.6 Å². The summed E-state index contributed by atoms with van der Waals surface area (Å²) < 4.78 is 18.2. The van der Waals surface area contributed by atoms with Crippen molar-refractivity contribution in [3.63, 3.8) is 0 Å². The normalized spacial score (nSPS) is 21.6. The van der Waals surface area contributed by atoms with E-state index in [1.54, 1.807) is 20.4 Å². The fraction of sp³-hybridized carbons (Fsp3) is 0.529. The molecule has 0 bridgehead atoms. The summed E-state index contributed by atoms with van der Waals surface area (Å²) in [5.41, 5.74) is 1.20. The maximum atomic E-state index is 5.62.